The molecule has 0 spiro atoms. The molecule has 3 N–H and O–H groups in total. The van der Waals surface area contributed by atoms with Gasteiger partial charge in [0, 0.05) is 24.8 Å². The molecule has 0 radical (unpaired) electrons. The van der Waals surface area contributed by atoms with Crippen LogP contribution in [0.4, 0.5) is 5.69 Å². The Balaban J connectivity index is 0.00000225. The van der Waals surface area contributed by atoms with Gasteiger partial charge in [0.15, 0.2) is 0 Å². The van der Waals surface area contributed by atoms with Crippen LogP contribution >= 0.6 is 12.4 Å². The van der Waals surface area contributed by atoms with Crippen LogP contribution in [0.5, 0.6) is 0 Å². The van der Waals surface area contributed by atoms with Gasteiger partial charge in [0.05, 0.1) is 0 Å². The molecule has 1 aromatic rings. The molecule has 3 rings (SSSR count). The Kier molecular flexibility index (Phi) is 6.47. The molecule has 138 valence electrons. The maximum absolute atomic E-state index is 12.6. The van der Waals surface area contributed by atoms with Crippen molar-refractivity contribution in [2.75, 3.05) is 18.0 Å². The van der Waals surface area contributed by atoms with Gasteiger partial charge in [-0.05, 0) is 48.8 Å². The summed E-state index contributed by atoms with van der Waals surface area (Å²) in [6.07, 6.45) is 2.87. The van der Waals surface area contributed by atoms with Crippen molar-refractivity contribution in [3.8, 4) is 0 Å². The number of nitrogens with two attached hydrogens (primary N) is 1. The van der Waals surface area contributed by atoms with E-state index in [0.717, 1.165) is 18.5 Å². The minimum Gasteiger partial charge on any atom is -0.354 e. The molecule has 1 aliphatic carbocycles. The molecule has 1 aliphatic heterocycles. The van der Waals surface area contributed by atoms with Crippen molar-refractivity contribution in [3.05, 3.63) is 29.8 Å². The van der Waals surface area contributed by atoms with Gasteiger partial charge >= 0.3 is 0 Å². The van der Waals surface area contributed by atoms with Crippen molar-refractivity contribution in [2.45, 2.75) is 45.1 Å². The lowest BCUT2D eigenvalue weighted by Crippen LogP contribution is -2.43. The molecular formula is C19H28ClN3O2. The fourth-order valence-electron chi connectivity index (χ4n) is 3.25. The van der Waals surface area contributed by atoms with Crippen LogP contribution in [0.15, 0.2) is 24.3 Å². The van der Waals surface area contributed by atoms with Gasteiger partial charge in [-0.25, -0.2) is 0 Å². The SMILES string of the molecule is CC(C)c1ccc(N2CCC(C(=O)NCC(N)C3CC3)C2=O)cc1.Cl. The first-order chi connectivity index (χ1) is 11.5. The normalized spacial score (nSPS) is 21.2. The van der Waals surface area contributed by atoms with Crippen LogP contribution in [0.2, 0.25) is 0 Å². The zero-order valence-electron chi connectivity index (χ0n) is 14.9. The zero-order valence-corrected chi connectivity index (χ0v) is 15.7. The number of anilines is 1. The highest BCUT2D eigenvalue weighted by Gasteiger charge is 2.38. The zero-order chi connectivity index (χ0) is 17.3. The number of nitrogens with one attached hydrogen (secondary N) is 1. The first-order valence-electron chi connectivity index (χ1n) is 8.92. The van der Waals surface area contributed by atoms with E-state index >= 15 is 0 Å². The third-order valence-corrected chi connectivity index (χ3v) is 5.13. The van der Waals surface area contributed by atoms with Crippen LogP contribution in [0, 0.1) is 11.8 Å². The summed E-state index contributed by atoms with van der Waals surface area (Å²) in [5.74, 6) is 0.131. The van der Waals surface area contributed by atoms with Crippen molar-refractivity contribution < 1.29 is 9.59 Å². The first kappa shape index (κ1) is 19.7. The second-order valence-electron chi connectivity index (χ2n) is 7.32. The summed E-state index contributed by atoms with van der Waals surface area (Å²) in [5.41, 5.74) is 8.12. The fourth-order valence-corrected chi connectivity index (χ4v) is 3.25. The predicted octanol–water partition coefficient (Wildman–Crippen LogP) is 2.44. The van der Waals surface area contributed by atoms with E-state index in [0.29, 0.717) is 31.3 Å². The molecule has 0 aromatic heterocycles. The highest BCUT2D eigenvalue weighted by atomic mass is 35.5. The molecule has 2 unspecified atom stereocenters. The van der Waals surface area contributed by atoms with Gasteiger partial charge in [0.2, 0.25) is 11.8 Å². The van der Waals surface area contributed by atoms with Crippen LogP contribution in [0.1, 0.15) is 44.6 Å². The quantitative estimate of drug-likeness (QED) is 0.760. The van der Waals surface area contributed by atoms with Crippen LogP contribution in [0.3, 0.4) is 0 Å². The maximum atomic E-state index is 12.6. The molecule has 25 heavy (non-hydrogen) atoms. The molecular weight excluding hydrogens is 338 g/mol. The minimum atomic E-state index is -0.582. The highest BCUT2D eigenvalue weighted by molar-refractivity contribution is 6.09. The lowest BCUT2D eigenvalue weighted by molar-refractivity contribution is -0.132. The number of hydrogen-bond acceptors (Lipinski definition) is 3. The van der Waals surface area contributed by atoms with E-state index in [4.69, 9.17) is 5.73 Å². The summed E-state index contributed by atoms with van der Waals surface area (Å²) in [4.78, 5) is 26.6. The molecule has 2 amide bonds. The van der Waals surface area contributed by atoms with Gasteiger partial charge < -0.3 is 16.0 Å². The Morgan fingerprint density at radius 3 is 2.44 bits per heavy atom. The standard InChI is InChI=1S/C19H27N3O2.ClH/c1-12(2)13-5-7-15(8-6-13)22-10-9-16(19(22)24)18(23)21-11-17(20)14-3-4-14;/h5-8,12,14,16-17H,3-4,9-11,20H2,1-2H3,(H,21,23);1H. The third kappa shape index (κ3) is 4.53. The molecule has 1 saturated heterocycles. The van der Waals surface area contributed by atoms with Gasteiger partial charge in [-0.3, -0.25) is 9.59 Å². The summed E-state index contributed by atoms with van der Waals surface area (Å²) >= 11 is 0. The Hall–Kier alpha value is -1.59. The third-order valence-electron chi connectivity index (χ3n) is 5.13. The molecule has 1 heterocycles. The molecule has 5 nitrogen and oxygen atoms in total. The van der Waals surface area contributed by atoms with Gasteiger partial charge in [-0.15, -0.1) is 12.4 Å². The first-order valence-corrected chi connectivity index (χ1v) is 8.92. The van der Waals surface area contributed by atoms with E-state index in [-0.39, 0.29) is 30.3 Å². The van der Waals surface area contributed by atoms with E-state index in [1.165, 1.54) is 5.56 Å². The summed E-state index contributed by atoms with van der Waals surface area (Å²) in [6.45, 7) is 5.34. The van der Waals surface area contributed by atoms with Crippen molar-refractivity contribution in [3.63, 3.8) is 0 Å². The van der Waals surface area contributed by atoms with Crippen molar-refractivity contribution >= 4 is 29.9 Å². The van der Waals surface area contributed by atoms with Crippen LogP contribution in [0.25, 0.3) is 0 Å². The number of rotatable bonds is 6. The number of halogens is 1. The average Bonchev–Trinajstić information content (AvgIpc) is 3.35. The predicted molar refractivity (Wildman–Crippen MR) is 102 cm³/mol. The molecule has 2 fully saturated rings. The van der Waals surface area contributed by atoms with E-state index in [1.807, 2.05) is 12.1 Å². The summed E-state index contributed by atoms with van der Waals surface area (Å²) < 4.78 is 0. The molecule has 1 aromatic carbocycles. The smallest absolute Gasteiger partial charge is 0.239 e. The minimum absolute atomic E-state index is 0. The summed E-state index contributed by atoms with van der Waals surface area (Å²) in [6, 6.07) is 8.06. The van der Waals surface area contributed by atoms with E-state index < -0.39 is 5.92 Å². The second kappa shape index (κ2) is 8.19. The largest absolute Gasteiger partial charge is 0.354 e. The number of nitrogens with zero attached hydrogens (tertiary/aromatic N) is 1. The van der Waals surface area contributed by atoms with Gasteiger partial charge in [-0.2, -0.15) is 0 Å². The Morgan fingerprint density at radius 2 is 1.88 bits per heavy atom. The van der Waals surface area contributed by atoms with Crippen molar-refractivity contribution in [1.82, 2.24) is 5.32 Å². The van der Waals surface area contributed by atoms with Gasteiger partial charge in [0.1, 0.15) is 5.92 Å². The van der Waals surface area contributed by atoms with Gasteiger partial charge in [-0.1, -0.05) is 26.0 Å². The van der Waals surface area contributed by atoms with Crippen molar-refractivity contribution in [1.29, 1.82) is 0 Å². The van der Waals surface area contributed by atoms with E-state index in [9.17, 15) is 9.59 Å². The molecule has 0 bridgehead atoms. The highest BCUT2D eigenvalue weighted by Crippen LogP contribution is 2.31. The topological polar surface area (TPSA) is 75.4 Å². The number of benzene rings is 1. The lowest BCUT2D eigenvalue weighted by atomic mass is 10.0. The Morgan fingerprint density at radius 1 is 1.24 bits per heavy atom. The fraction of sp³-hybridized carbons (Fsp3) is 0.579. The lowest BCUT2D eigenvalue weighted by Gasteiger charge is -2.18. The Bertz CT molecular complexity index is 614. The monoisotopic (exact) mass is 365 g/mol. The maximum Gasteiger partial charge on any atom is 0.239 e. The summed E-state index contributed by atoms with van der Waals surface area (Å²) in [7, 11) is 0. The van der Waals surface area contributed by atoms with Crippen LogP contribution in [-0.4, -0.2) is 30.9 Å². The van der Waals surface area contributed by atoms with Gasteiger partial charge in [0.25, 0.3) is 0 Å². The number of carbonyl (C=O) groups excluding carboxylic acids is 2. The van der Waals surface area contributed by atoms with E-state index in [2.05, 4.69) is 31.3 Å². The molecule has 1 saturated carbocycles. The van der Waals surface area contributed by atoms with Crippen molar-refractivity contribution in [2.24, 2.45) is 17.6 Å². The second-order valence-corrected chi connectivity index (χ2v) is 7.32. The van der Waals surface area contributed by atoms with E-state index in [1.54, 1.807) is 4.90 Å². The number of carbonyl (C=O) groups is 2. The average molecular weight is 366 g/mol. The Labute approximate surface area is 155 Å². The number of amides is 2. The molecule has 2 atom stereocenters. The molecule has 6 heteroatoms. The van der Waals surface area contributed by atoms with Crippen LogP contribution in [-0.2, 0) is 9.59 Å². The summed E-state index contributed by atoms with van der Waals surface area (Å²) in [5, 5.41) is 2.86. The molecule has 2 aliphatic rings. The van der Waals surface area contributed by atoms with Crippen LogP contribution < -0.4 is 16.0 Å². The number of hydrogen-bond donors (Lipinski definition) is 2.